The van der Waals surface area contributed by atoms with E-state index in [0.29, 0.717) is 62.8 Å². The Balaban J connectivity index is 1.64. The van der Waals surface area contributed by atoms with Gasteiger partial charge >= 0.3 is 6.09 Å². The number of nitrogens with zero attached hydrogens (tertiary/aromatic N) is 4. The summed E-state index contributed by atoms with van der Waals surface area (Å²) in [4.78, 5) is 29.6. The van der Waals surface area contributed by atoms with Crippen LogP contribution in [0.15, 0.2) is 24.4 Å². The predicted octanol–water partition coefficient (Wildman–Crippen LogP) is 4.42. The van der Waals surface area contributed by atoms with Crippen molar-refractivity contribution in [2.45, 2.75) is 52.1 Å². The maximum Gasteiger partial charge on any atom is 0.410 e. The molecular formula is C25H33ClN4O4. The van der Waals surface area contributed by atoms with Crippen LogP contribution in [-0.2, 0) is 9.47 Å². The average Bonchev–Trinajstić information content (AvgIpc) is 3.25. The standard InChI is InChI=1S/C25H33ClN4O4/c1-17-20(26)6-5-7-21(17)30-22(19(16-27-30)23(31)28-12-14-33-15-13-28)18-8-10-29(11-9-18)24(32)34-25(2,3)4/h5-7,16,18H,8-15H2,1-4H3. The Morgan fingerprint density at radius 2 is 1.76 bits per heavy atom. The van der Waals surface area contributed by atoms with Gasteiger partial charge in [0.1, 0.15) is 5.60 Å². The Kier molecular flexibility index (Phi) is 7.19. The van der Waals surface area contributed by atoms with E-state index >= 15 is 0 Å². The number of ether oxygens (including phenoxy) is 2. The average molecular weight is 489 g/mol. The van der Waals surface area contributed by atoms with Gasteiger partial charge in [-0.25, -0.2) is 9.48 Å². The lowest BCUT2D eigenvalue weighted by Crippen LogP contribution is -2.42. The van der Waals surface area contributed by atoms with Gasteiger partial charge in [-0.2, -0.15) is 5.10 Å². The van der Waals surface area contributed by atoms with Crippen molar-refractivity contribution in [2.75, 3.05) is 39.4 Å². The second kappa shape index (κ2) is 9.96. The Morgan fingerprint density at radius 3 is 2.41 bits per heavy atom. The lowest BCUT2D eigenvalue weighted by atomic mass is 9.90. The van der Waals surface area contributed by atoms with Crippen LogP contribution >= 0.6 is 11.6 Å². The van der Waals surface area contributed by atoms with Crippen molar-refractivity contribution in [1.29, 1.82) is 0 Å². The third kappa shape index (κ3) is 5.23. The molecule has 1 aromatic heterocycles. The number of halogens is 1. The number of benzene rings is 1. The molecule has 2 fully saturated rings. The van der Waals surface area contributed by atoms with E-state index in [-0.39, 0.29) is 17.9 Å². The van der Waals surface area contributed by atoms with Gasteiger partial charge in [0.2, 0.25) is 0 Å². The third-order valence-corrected chi connectivity index (χ3v) is 6.75. The molecule has 0 unspecified atom stereocenters. The summed E-state index contributed by atoms with van der Waals surface area (Å²) in [5, 5.41) is 5.31. The van der Waals surface area contributed by atoms with E-state index in [2.05, 4.69) is 5.10 Å². The van der Waals surface area contributed by atoms with E-state index in [9.17, 15) is 9.59 Å². The van der Waals surface area contributed by atoms with Gasteiger partial charge in [0.25, 0.3) is 5.91 Å². The van der Waals surface area contributed by atoms with Gasteiger partial charge in [0.15, 0.2) is 0 Å². The highest BCUT2D eigenvalue weighted by Crippen LogP contribution is 2.34. The molecule has 0 N–H and O–H groups in total. The van der Waals surface area contributed by atoms with Crippen LogP contribution in [0.5, 0.6) is 0 Å². The fourth-order valence-electron chi connectivity index (χ4n) is 4.53. The smallest absolute Gasteiger partial charge is 0.410 e. The number of rotatable bonds is 3. The summed E-state index contributed by atoms with van der Waals surface area (Å²) in [7, 11) is 0. The highest BCUT2D eigenvalue weighted by Gasteiger charge is 2.33. The van der Waals surface area contributed by atoms with E-state index in [1.807, 2.05) is 55.5 Å². The van der Waals surface area contributed by atoms with Gasteiger partial charge < -0.3 is 19.3 Å². The van der Waals surface area contributed by atoms with Gasteiger partial charge in [-0.15, -0.1) is 0 Å². The van der Waals surface area contributed by atoms with Gasteiger partial charge in [0.05, 0.1) is 36.4 Å². The monoisotopic (exact) mass is 488 g/mol. The van der Waals surface area contributed by atoms with Gasteiger partial charge in [-0.05, 0) is 58.2 Å². The number of carbonyl (C=O) groups excluding carboxylic acids is 2. The summed E-state index contributed by atoms with van der Waals surface area (Å²) in [6, 6.07) is 5.71. The van der Waals surface area contributed by atoms with E-state index in [4.69, 9.17) is 21.1 Å². The molecular weight excluding hydrogens is 456 g/mol. The number of piperidine rings is 1. The second-order valence-electron chi connectivity index (χ2n) is 9.89. The lowest BCUT2D eigenvalue weighted by Gasteiger charge is -2.34. The third-order valence-electron chi connectivity index (χ3n) is 6.34. The van der Waals surface area contributed by atoms with Crippen LogP contribution in [0, 0.1) is 6.92 Å². The molecule has 0 aliphatic carbocycles. The first-order valence-electron chi connectivity index (χ1n) is 11.8. The van der Waals surface area contributed by atoms with E-state index < -0.39 is 5.60 Å². The number of likely N-dealkylation sites (tertiary alicyclic amines) is 1. The van der Waals surface area contributed by atoms with Crippen molar-refractivity contribution >= 4 is 23.6 Å². The summed E-state index contributed by atoms with van der Waals surface area (Å²) in [5.41, 5.74) is 2.72. The highest BCUT2D eigenvalue weighted by atomic mass is 35.5. The first kappa shape index (κ1) is 24.5. The topological polar surface area (TPSA) is 76.9 Å². The number of aromatic nitrogens is 2. The zero-order chi connectivity index (χ0) is 24.5. The molecule has 2 amide bonds. The summed E-state index contributed by atoms with van der Waals surface area (Å²) in [5.74, 6) is 0.0401. The van der Waals surface area contributed by atoms with E-state index in [1.165, 1.54) is 0 Å². The molecule has 4 rings (SSSR count). The molecule has 2 aromatic rings. The molecule has 0 radical (unpaired) electrons. The molecule has 2 saturated heterocycles. The largest absolute Gasteiger partial charge is 0.444 e. The Bertz CT molecular complexity index is 1050. The lowest BCUT2D eigenvalue weighted by molar-refractivity contribution is 0.0201. The number of amides is 2. The van der Waals surface area contributed by atoms with Gasteiger partial charge in [-0.1, -0.05) is 17.7 Å². The molecule has 1 aromatic carbocycles. The van der Waals surface area contributed by atoms with Crippen LogP contribution in [0.25, 0.3) is 5.69 Å². The van der Waals surface area contributed by atoms with Crippen molar-refractivity contribution in [3.05, 3.63) is 46.2 Å². The Labute approximate surface area is 205 Å². The van der Waals surface area contributed by atoms with Crippen molar-refractivity contribution < 1.29 is 19.1 Å². The Hall–Kier alpha value is -2.58. The molecule has 3 heterocycles. The van der Waals surface area contributed by atoms with Crippen LogP contribution < -0.4 is 0 Å². The summed E-state index contributed by atoms with van der Waals surface area (Å²) >= 11 is 6.41. The Morgan fingerprint density at radius 1 is 1.09 bits per heavy atom. The minimum absolute atomic E-state index is 0.0289. The van der Waals surface area contributed by atoms with Gasteiger partial charge in [-0.3, -0.25) is 4.79 Å². The van der Waals surface area contributed by atoms with Crippen LogP contribution in [0.2, 0.25) is 5.02 Å². The van der Waals surface area contributed by atoms with E-state index in [0.717, 1.165) is 16.9 Å². The molecule has 34 heavy (non-hydrogen) atoms. The minimum Gasteiger partial charge on any atom is -0.444 e. The molecule has 2 aliphatic rings. The number of hydrogen-bond acceptors (Lipinski definition) is 5. The number of carbonyl (C=O) groups is 2. The van der Waals surface area contributed by atoms with Gasteiger partial charge in [0, 0.05) is 37.1 Å². The van der Waals surface area contributed by atoms with Crippen molar-refractivity contribution in [1.82, 2.24) is 19.6 Å². The first-order valence-corrected chi connectivity index (χ1v) is 12.2. The van der Waals surface area contributed by atoms with E-state index in [1.54, 1.807) is 11.1 Å². The molecule has 0 saturated carbocycles. The fourth-order valence-corrected chi connectivity index (χ4v) is 4.70. The van der Waals surface area contributed by atoms with Crippen molar-refractivity contribution in [2.24, 2.45) is 0 Å². The minimum atomic E-state index is -0.533. The predicted molar refractivity (Wildman–Crippen MR) is 130 cm³/mol. The van der Waals surface area contributed by atoms with Crippen LogP contribution in [0.4, 0.5) is 4.79 Å². The molecule has 0 atom stereocenters. The quantitative estimate of drug-likeness (QED) is 0.639. The molecule has 184 valence electrons. The van der Waals surface area contributed by atoms with Crippen molar-refractivity contribution in [3.8, 4) is 5.69 Å². The number of morpholine rings is 1. The maximum absolute atomic E-state index is 13.5. The van der Waals surface area contributed by atoms with Crippen molar-refractivity contribution in [3.63, 3.8) is 0 Å². The van der Waals surface area contributed by atoms with Crippen LogP contribution in [0.1, 0.15) is 61.1 Å². The SMILES string of the molecule is Cc1c(Cl)cccc1-n1ncc(C(=O)N2CCOCC2)c1C1CCN(C(=O)OC(C)(C)C)CC1. The molecule has 9 heteroatoms. The summed E-state index contributed by atoms with van der Waals surface area (Å²) in [6.07, 6.45) is 2.81. The summed E-state index contributed by atoms with van der Waals surface area (Å²) in [6.45, 7) is 10.9. The zero-order valence-electron chi connectivity index (χ0n) is 20.3. The molecule has 2 aliphatic heterocycles. The van der Waals surface area contributed by atoms with Crippen LogP contribution in [-0.4, -0.2) is 76.6 Å². The highest BCUT2D eigenvalue weighted by molar-refractivity contribution is 6.31. The normalized spacial score (nSPS) is 17.7. The molecule has 0 spiro atoms. The second-order valence-corrected chi connectivity index (χ2v) is 10.3. The summed E-state index contributed by atoms with van der Waals surface area (Å²) < 4.78 is 12.8. The molecule has 8 nitrogen and oxygen atoms in total. The maximum atomic E-state index is 13.5. The van der Waals surface area contributed by atoms with Crippen LogP contribution in [0.3, 0.4) is 0 Å². The molecule has 0 bridgehead atoms. The number of hydrogen-bond donors (Lipinski definition) is 0. The first-order chi connectivity index (χ1) is 16.2. The fraction of sp³-hybridized carbons (Fsp3) is 0.560. The zero-order valence-corrected chi connectivity index (χ0v) is 21.1.